The van der Waals surface area contributed by atoms with Crippen LogP contribution in [0.25, 0.3) is 0 Å². The van der Waals surface area contributed by atoms with Gasteiger partial charge in [0, 0.05) is 18.3 Å². The first-order valence-corrected chi connectivity index (χ1v) is 6.91. The number of carbonyl (C=O) groups excluding carboxylic acids is 1. The second-order valence-corrected chi connectivity index (χ2v) is 4.86. The van der Waals surface area contributed by atoms with Crippen molar-refractivity contribution in [2.75, 3.05) is 7.11 Å². The minimum Gasteiger partial charge on any atom is -0.469 e. The van der Waals surface area contributed by atoms with Gasteiger partial charge in [-0.3, -0.25) is 9.78 Å². The number of benzene rings is 1. The van der Waals surface area contributed by atoms with Crippen LogP contribution in [0, 0.1) is 0 Å². The van der Waals surface area contributed by atoms with E-state index in [2.05, 4.69) is 23.7 Å². The first-order chi connectivity index (χ1) is 10.2. The van der Waals surface area contributed by atoms with Crippen LogP contribution >= 0.6 is 0 Å². The smallest absolute Gasteiger partial charge is 0.310 e. The largest absolute Gasteiger partial charge is 0.469 e. The van der Waals surface area contributed by atoms with Gasteiger partial charge in [-0.1, -0.05) is 42.5 Å². The summed E-state index contributed by atoms with van der Waals surface area (Å²) in [5.74, 6) is -0.253. The number of esters is 1. The number of hydrogen-bond acceptors (Lipinski definition) is 3. The molecular formula is C18H19NO2. The second kappa shape index (κ2) is 7.39. The average molecular weight is 281 g/mol. The van der Waals surface area contributed by atoms with Crippen molar-refractivity contribution in [2.24, 2.45) is 0 Å². The molecule has 2 rings (SSSR count). The van der Waals surface area contributed by atoms with Crippen LogP contribution in [-0.4, -0.2) is 18.1 Å². The Morgan fingerprint density at radius 3 is 2.71 bits per heavy atom. The van der Waals surface area contributed by atoms with E-state index in [-0.39, 0.29) is 12.4 Å². The van der Waals surface area contributed by atoms with E-state index in [0.29, 0.717) is 0 Å². The Labute approximate surface area is 125 Å². The molecule has 0 fully saturated rings. The summed E-state index contributed by atoms with van der Waals surface area (Å²) in [6.07, 6.45) is 5.38. The zero-order chi connectivity index (χ0) is 15.1. The summed E-state index contributed by atoms with van der Waals surface area (Å²) < 4.78 is 4.69. The SMILES string of the molecule is C=CCc1cc(CC(=O)OC)cnc1Cc1ccccc1. The summed E-state index contributed by atoms with van der Waals surface area (Å²) in [7, 11) is 1.39. The van der Waals surface area contributed by atoms with Crippen molar-refractivity contribution in [1.82, 2.24) is 4.98 Å². The highest BCUT2D eigenvalue weighted by Crippen LogP contribution is 2.15. The van der Waals surface area contributed by atoms with Gasteiger partial charge in [0.1, 0.15) is 0 Å². The molecule has 0 N–H and O–H groups in total. The Bertz CT molecular complexity index is 620. The highest BCUT2D eigenvalue weighted by Gasteiger charge is 2.09. The molecule has 0 amide bonds. The van der Waals surface area contributed by atoms with Gasteiger partial charge in [-0.2, -0.15) is 0 Å². The first kappa shape index (κ1) is 15.0. The molecule has 0 aliphatic rings. The summed E-state index contributed by atoms with van der Waals surface area (Å²) in [6.45, 7) is 3.79. The topological polar surface area (TPSA) is 39.2 Å². The molecule has 0 aliphatic heterocycles. The third kappa shape index (κ3) is 4.28. The van der Waals surface area contributed by atoms with Crippen molar-refractivity contribution in [1.29, 1.82) is 0 Å². The number of hydrogen-bond donors (Lipinski definition) is 0. The van der Waals surface area contributed by atoms with Crippen molar-refractivity contribution in [2.45, 2.75) is 19.3 Å². The maximum atomic E-state index is 11.4. The van der Waals surface area contributed by atoms with Crippen LogP contribution < -0.4 is 0 Å². The van der Waals surface area contributed by atoms with Crippen molar-refractivity contribution >= 4 is 5.97 Å². The number of ether oxygens (including phenoxy) is 1. The Morgan fingerprint density at radius 1 is 1.29 bits per heavy atom. The van der Waals surface area contributed by atoms with Gasteiger partial charge in [-0.15, -0.1) is 6.58 Å². The summed E-state index contributed by atoms with van der Waals surface area (Å²) >= 11 is 0. The molecule has 1 heterocycles. The lowest BCUT2D eigenvalue weighted by molar-refractivity contribution is -0.139. The fraction of sp³-hybridized carbons (Fsp3) is 0.222. The molecule has 0 atom stereocenters. The quantitative estimate of drug-likeness (QED) is 0.603. The maximum absolute atomic E-state index is 11.4. The van der Waals surface area contributed by atoms with Crippen LogP contribution in [0.15, 0.2) is 55.3 Å². The lowest BCUT2D eigenvalue weighted by Crippen LogP contribution is -2.07. The van der Waals surface area contributed by atoms with Gasteiger partial charge >= 0.3 is 5.97 Å². The van der Waals surface area contributed by atoms with E-state index >= 15 is 0 Å². The predicted molar refractivity (Wildman–Crippen MR) is 83.1 cm³/mol. The predicted octanol–water partition coefficient (Wildman–Crippen LogP) is 3.12. The maximum Gasteiger partial charge on any atom is 0.310 e. The molecule has 3 nitrogen and oxygen atoms in total. The van der Waals surface area contributed by atoms with Crippen LogP contribution in [0.4, 0.5) is 0 Å². The molecule has 0 aliphatic carbocycles. The van der Waals surface area contributed by atoms with E-state index in [0.717, 1.165) is 29.7 Å². The normalized spacial score (nSPS) is 10.1. The number of aromatic nitrogens is 1. The number of methoxy groups -OCH3 is 1. The molecular weight excluding hydrogens is 262 g/mol. The van der Waals surface area contributed by atoms with E-state index in [1.165, 1.54) is 12.7 Å². The van der Waals surface area contributed by atoms with Gasteiger partial charge in [0.05, 0.1) is 13.5 Å². The molecule has 1 aromatic heterocycles. The molecule has 0 spiro atoms. The molecule has 0 radical (unpaired) electrons. The summed E-state index contributed by atoms with van der Waals surface area (Å²) in [6, 6.07) is 12.2. The van der Waals surface area contributed by atoms with Crippen molar-refractivity contribution in [3.8, 4) is 0 Å². The van der Waals surface area contributed by atoms with Crippen LogP contribution in [-0.2, 0) is 28.8 Å². The van der Waals surface area contributed by atoms with Gasteiger partial charge in [-0.05, 0) is 23.1 Å². The van der Waals surface area contributed by atoms with E-state index in [1.807, 2.05) is 30.3 Å². The highest BCUT2D eigenvalue weighted by molar-refractivity contribution is 5.72. The number of carbonyl (C=O) groups is 1. The lowest BCUT2D eigenvalue weighted by atomic mass is 10.0. The Morgan fingerprint density at radius 2 is 2.05 bits per heavy atom. The third-order valence-corrected chi connectivity index (χ3v) is 3.27. The Balaban J connectivity index is 2.24. The van der Waals surface area contributed by atoms with E-state index in [4.69, 9.17) is 4.74 Å². The molecule has 2 aromatic rings. The number of allylic oxidation sites excluding steroid dienone is 1. The zero-order valence-corrected chi connectivity index (χ0v) is 12.2. The Kier molecular flexibility index (Phi) is 5.27. The van der Waals surface area contributed by atoms with Crippen molar-refractivity contribution < 1.29 is 9.53 Å². The zero-order valence-electron chi connectivity index (χ0n) is 12.2. The molecule has 3 heteroatoms. The molecule has 21 heavy (non-hydrogen) atoms. The molecule has 0 saturated heterocycles. The summed E-state index contributed by atoms with van der Waals surface area (Å²) in [5.41, 5.74) is 4.22. The molecule has 0 unspecified atom stereocenters. The molecule has 0 saturated carbocycles. The number of rotatable bonds is 6. The number of pyridine rings is 1. The van der Waals surface area contributed by atoms with Crippen LogP contribution in [0.3, 0.4) is 0 Å². The van der Waals surface area contributed by atoms with E-state index < -0.39 is 0 Å². The van der Waals surface area contributed by atoms with Crippen molar-refractivity contribution in [3.63, 3.8) is 0 Å². The van der Waals surface area contributed by atoms with Crippen LogP contribution in [0.2, 0.25) is 0 Å². The summed E-state index contributed by atoms with van der Waals surface area (Å²) in [4.78, 5) is 15.9. The van der Waals surface area contributed by atoms with Crippen LogP contribution in [0.1, 0.15) is 22.4 Å². The van der Waals surface area contributed by atoms with E-state index in [9.17, 15) is 4.79 Å². The average Bonchev–Trinajstić information content (AvgIpc) is 2.51. The minimum atomic E-state index is -0.253. The van der Waals surface area contributed by atoms with Crippen LogP contribution in [0.5, 0.6) is 0 Å². The molecule has 1 aromatic carbocycles. The van der Waals surface area contributed by atoms with Gasteiger partial charge < -0.3 is 4.74 Å². The Hall–Kier alpha value is -2.42. The highest BCUT2D eigenvalue weighted by atomic mass is 16.5. The molecule has 0 bridgehead atoms. The number of nitrogens with zero attached hydrogens (tertiary/aromatic N) is 1. The van der Waals surface area contributed by atoms with Gasteiger partial charge in [0.15, 0.2) is 0 Å². The first-order valence-electron chi connectivity index (χ1n) is 6.91. The van der Waals surface area contributed by atoms with Gasteiger partial charge in [-0.25, -0.2) is 0 Å². The standard InChI is InChI=1S/C18H19NO2/c1-3-7-16-10-15(12-18(20)21-2)13-19-17(16)11-14-8-5-4-6-9-14/h3-6,8-10,13H,1,7,11-12H2,2H3. The third-order valence-electron chi connectivity index (χ3n) is 3.27. The molecule has 108 valence electrons. The van der Waals surface area contributed by atoms with Crippen molar-refractivity contribution in [3.05, 3.63) is 77.6 Å². The monoisotopic (exact) mass is 281 g/mol. The van der Waals surface area contributed by atoms with Gasteiger partial charge in [0.25, 0.3) is 0 Å². The van der Waals surface area contributed by atoms with E-state index in [1.54, 1.807) is 6.20 Å². The lowest BCUT2D eigenvalue weighted by Gasteiger charge is -2.09. The minimum absolute atomic E-state index is 0.249. The fourth-order valence-corrected chi connectivity index (χ4v) is 2.20. The second-order valence-electron chi connectivity index (χ2n) is 4.86. The fourth-order valence-electron chi connectivity index (χ4n) is 2.20. The van der Waals surface area contributed by atoms with Gasteiger partial charge in [0.2, 0.25) is 0 Å². The summed E-state index contributed by atoms with van der Waals surface area (Å²) in [5, 5.41) is 0.